The van der Waals surface area contributed by atoms with Crippen LogP contribution in [-0.4, -0.2) is 24.3 Å². The Morgan fingerprint density at radius 3 is 2.57 bits per heavy atom. The lowest BCUT2D eigenvalue weighted by Gasteiger charge is -2.14. The Morgan fingerprint density at radius 2 is 1.91 bits per heavy atom. The molecule has 0 aliphatic carbocycles. The molecule has 0 aliphatic heterocycles. The number of nitriles is 1. The smallest absolute Gasteiger partial charge is 0.260 e. The highest BCUT2D eigenvalue weighted by atomic mass is 32.2. The van der Waals surface area contributed by atoms with Crippen LogP contribution in [0.5, 0.6) is 5.75 Å². The fourth-order valence-electron chi connectivity index (χ4n) is 1.87. The van der Waals surface area contributed by atoms with Crippen molar-refractivity contribution in [2.24, 2.45) is 0 Å². The Kier molecular flexibility index (Phi) is 6.52. The van der Waals surface area contributed by atoms with Crippen LogP contribution in [0.15, 0.2) is 59.5 Å². The third-order valence-electron chi connectivity index (χ3n) is 3.08. The second-order valence-corrected chi connectivity index (χ2v) is 6.02. The van der Waals surface area contributed by atoms with Gasteiger partial charge in [-0.25, -0.2) is 0 Å². The number of carbonyl (C=O) groups is 1. The molecule has 0 bridgehead atoms. The van der Waals surface area contributed by atoms with E-state index >= 15 is 0 Å². The van der Waals surface area contributed by atoms with Crippen LogP contribution >= 0.6 is 11.8 Å². The van der Waals surface area contributed by atoms with Crippen LogP contribution in [0.2, 0.25) is 0 Å². The van der Waals surface area contributed by atoms with Gasteiger partial charge in [0.25, 0.3) is 5.91 Å². The SMILES string of the molecule is CC(Oc1ccc(C#N)cc1)C(=O)NCCSc1ccccc1. The van der Waals surface area contributed by atoms with E-state index in [1.54, 1.807) is 43.0 Å². The van der Waals surface area contributed by atoms with Crippen molar-refractivity contribution >= 4 is 17.7 Å². The summed E-state index contributed by atoms with van der Waals surface area (Å²) in [5.74, 6) is 1.23. The molecule has 0 saturated carbocycles. The second kappa shape index (κ2) is 8.86. The Hall–Kier alpha value is -2.45. The van der Waals surface area contributed by atoms with Crippen LogP contribution in [0.4, 0.5) is 0 Å². The van der Waals surface area contributed by atoms with Gasteiger partial charge in [-0.1, -0.05) is 18.2 Å². The molecule has 118 valence electrons. The molecule has 0 spiro atoms. The average Bonchev–Trinajstić information content (AvgIpc) is 2.60. The maximum atomic E-state index is 12.0. The topological polar surface area (TPSA) is 62.1 Å². The lowest BCUT2D eigenvalue weighted by Crippen LogP contribution is -2.37. The van der Waals surface area contributed by atoms with Gasteiger partial charge in [0.2, 0.25) is 0 Å². The number of thioether (sulfide) groups is 1. The summed E-state index contributed by atoms with van der Waals surface area (Å²) in [6, 6.07) is 18.8. The van der Waals surface area contributed by atoms with Crippen molar-refractivity contribution in [3.05, 3.63) is 60.2 Å². The van der Waals surface area contributed by atoms with E-state index in [1.165, 1.54) is 4.90 Å². The molecule has 5 heteroatoms. The van der Waals surface area contributed by atoms with Gasteiger partial charge in [-0.2, -0.15) is 5.26 Å². The number of hydrogen-bond acceptors (Lipinski definition) is 4. The van der Waals surface area contributed by atoms with E-state index in [0.717, 1.165) is 5.75 Å². The molecule has 2 aromatic carbocycles. The summed E-state index contributed by atoms with van der Waals surface area (Å²) in [7, 11) is 0. The maximum absolute atomic E-state index is 12.0. The maximum Gasteiger partial charge on any atom is 0.260 e. The molecule has 2 aromatic rings. The number of nitrogens with one attached hydrogen (secondary N) is 1. The van der Waals surface area contributed by atoms with E-state index in [0.29, 0.717) is 17.9 Å². The van der Waals surface area contributed by atoms with Crippen LogP contribution < -0.4 is 10.1 Å². The van der Waals surface area contributed by atoms with Crippen LogP contribution in [0.1, 0.15) is 12.5 Å². The van der Waals surface area contributed by atoms with Crippen molar-refractivity contribution < 1.29 is 9.53 Å². The van der Waals surface area contributed by atoms with Gasteiger partial charge in [-0.05, 0) is 43.3 Å². The van der Waals surface area contributed by atoms with Crippen molar-refractivity contribution in [1.29, 1.82) is 5.26 Å². The normalized spacial score (nSPS) is 11.3. The zero-order chi connectivity index (χ0) is 16.5. The van der Waals surface area contributed by atoms with E-state index in [4.69, 9.17) is 10.00 Å². The van der Waals surface area contributed by atoms with Crippen molar-refractivity contribution in [2.45, 2.75) is 17.9 Å². The van der Waals surface area contributed by atoms with Gasteiger partial charge in [-0.3, -0.25) is 4.79 Å². The Morgan fingerprint density at radius 1 is 1.22 bits per heavy atom. The third kappa shape index (κ3) is 5.68. The summed E-state index contributed by atoms with van der Waals surface area (Å²) in [5, 5.41) is 11.6. The van der Waals surface area contributed by atoms with Gasteiger partial charge >= 0.3 is 0 Å². The predicted molar refractivity (Wildman–Crippen MR) is 91.4 cm³/mol. The van der Waals surface area contributed by atoms with Crippen LogP contribution in [0.3, 0.4) is 0 Å². The van der Waals surface area contributed by atoms with Crippen LogP contribution in [0.25, 0.3) is 0 Å². The number of nitrogens with zero attached hydrogens (tertiary/aromatic N) is 1. The van der Waals surface area contributed by atoms with Gasteiger partial charge in [0.1, 0.15) is 5.75 Å². The lowest BCUT2D eigenvalue weighted by atomic mass is 10.2. The monoisotopic (exact) mass is 326 g/mol. The summed E-state index contributed by atoms with van der Waals surface area (Å²) in [6.07, 6.45) is -0.579. The van der Waals surface area contributed by atoms with Gasteiger partial charge in [0.15, 0.2) is 6.10 Å². The van der Waals surface area contributed by atoms with Gasteiger partial charge in [-0.15, -0.1) is 11.8 Å². The Labute approximate surface area is 140 Å². The number of carbonyl (C=O) groups excluding carboxylic acids is 1. The third-order valence-corrected chi connectivity index (χ3v) is 4.09. The Bertz CT molecular complexity index is 666. The first-order valence-corrected chi connectivity index (χ1v) is 8.30. The number of amides is 1. The number of benzene rings is 2. The van der Waals surface area contributed by atoms with Crippen LogP contribution in [-0.2, 0) is 4.79 Å². The van der Waals surface area contributed by atoms with E-state index in [2.05, 4.69) is 5.32 Å². The van der Waals surface area contributed by atoms with Gasteiger partial charge < -0.3 is 10.1 Å². The van der Waals surface area contributed by atoms with Crippen LogP contribution in [0, 0.1) is 11.3 Å². The highest BCUT2D eigenvalue weighted by Gasteiger charge is 2.13. The van der Waals surface area contributed by atoms with Gasteiger partial charge in [0, 0.05) is 17.2 Å². The van der Waals surface area contributed by atoms with E-state index in [9.17, 15) is 4.79 Å². The molecular weight excluding hydrogens is 308 g/mol. The molecule has 1 N–H and O–H groups in total. The first-order chi connectivity index (χ1) is 11.2. The average molecular weight is 326 g/mol. The van der Waals surface area contributed by atoms with Crippen molar-refractivity contribution in [2.75, 3.05) is 12.3 Å². The second-order valence-electron chi connectivity index (χ2n) is 4.85. The molecule has 23 heavy (non-hydrogen) atoms. The van der Waals surface area contributed by atoms with E-state index in [-0.39, 0.29) is 5.91 Å². The highest BCUT2D eigenvalue weighted by molar-refractivity contribution is 7.99. The summed E-state index contributed by atoms with van der Waals surface area (Å²) in [6.45, 7) is 2.29. The van der Waals surface area contributed by atoms with Crippen molar-refractivity contribution in [1.82, 2.24) is 5.32 Å². The Balaban J connectivity index is 1.71. The molecule has 4 nitrogen and oxygen atoms in total. The summed E-state index contributed by atoms with van der Waals surface area (Å²) < 4.78 is 5.56. The van der Waals surface area contributed by atoms with E-state index < -0.39 is 6.10 Å². The molecule has 0 saturated heterocycles. The molecule has 0 fully saturated rings. The minimum Gasteiger partial charge on any atom is -0.481 e. The first kappa shape index (κ1) is 16.9. The highest BCUT2D eigenvalue weighted by Crippen LogP contribution is 2.16. The standard InChI is InChI=1S/C18H18N2O2S/c1-14(22-16-9-7-15(13-19)8-10-16)18(21)20-11-12-23-17-5-3-2-4-6-17/h2-10,14H,11-12H2,1H3,(H,20,21). The van der Waals surface area contributed by atoms with E-state index in [1.807, 2.05) is 36.4 Å². The number of ether oxygens (including phenoxy) is 1. The lowest BCUT2D eigenvalue weighted by molar-refractivity contribution is -0.127. The summed E-state index contributed by atoms with van der Waals surface area (Å²) in [4.78, 5) is 13.2. The summed E-state index contributed by atoms with van der Waals surface area (Å²) in [5.41, 5.74) is 0.562. The molecule has 0 aliphatic rings. The number of rotatable bonds is 7. The quantitative estimate of drug-likeness (QED) is 0.627. The largest absolute Gasteiger partial charge is 0.481 e. The zero-order valence-corrected chi connectivity index (χ0v) is 13.7. The fraction of sp³-hybridized carbons (Fsp3) is 0.222. The number of hydrogen-bond donors (Lipinski definition) is 1. The van der Waals surface area contributed by atoms with Crippen molar-refractivity contribution in [3.63, 3.8) is 0 Å². The minimum absolute atomic E-state index is 0.150. The predicted octanol–water partition coefficient (Wildman–Crippen LogP) is 3.23. The zero-order valence-electron chi connectivity index (χ0n) is 12.9. The van der Waals surface area contributed by atoms with Gasteiger partial charge in [0.05, 0.1) is 11.6 Å². The molecular formula is C18H18N2O2S. The minimum atomic E-state index is -0.579. The first-order valence-electron chi connectivity index (χ1n) is 7.31. The molecule has 1 amide bonds. The fourth-order valence-corrected chi connectivity index (χ4v) is 2.66. The summed E-state index contributed by atoms with van der Waals surface area (Å²) >= 11 is 1.70. The molecule has 0 aromatic heterocycles. The molecule has 0 radical (unpaired) electrons. The van der Waals surface area contributed by atoms with Crippen molar-refractivity contribution in [3.8, 4) is 11.8 Å². The molecule has 2 rings (SSSR count). The molecule has 1 atom stereocenters. The molecule has 1 unspecified atom stereocenters. The molecule has 0 heterocycles.